The van der Waals surface area contributed by atoms with Crippen molar-refractivity contribution in [3.63, 3.8) is 0 Å². The van der Waals surface area contributed by atoms with E-state index in [0.717, 1.165) is 16.5 Å². The fourth-order valence-corrected chi connectivity index (χ4v) is 8.86. The minimum absolute atomic E-state index is 0.0579. The van der Waals surface area contributed by atoms with Crippen LogP contribution in [0.5, 0.6) is 0 Å². The Balaban J connectivity index is 1.72. The predicted octanol–water partition coefficient (Wildman–Crippen LogP) is 3.84. The van der Waals surface area contributed by atoms with Crippen molar-refractivity contribution in [1.29, 1.82) is 0 Å². The molecule has 1 atom stereocenters. The molecule has 62 heavy (non-hydrogen) atoms. The molecule has 4 rings (SSSR count). The fourth-order valence-electron chi connectivity index (χ4n) is 7.38. The largest absolute Gasteiger partial charge is 0.748 e. The summed E-state index contributed by atoms with van der Waals surface area (Å²) < 4.78 is 130. The summed E-state index contributed by atoms with van der Waals surface area (Å²) in [6.45, 7) is 12.2. The molecule has 20 heteroatoms. The van der Waals surface area contributed by atoms with Gasteiger partial charge in [0.2, 0.25) is 5.36 Å². The number of allylic oxidation sites excluding steroid dienone is 3. The number of aliphatic carboxylic acids is 1. The first-order valence-electron chi connectivity index (χ1n) is 20.2. The van der Waals surface area contributed by atoms with Crippen molar-refractivity contribution in [3.8, 4) is 11.3 Å². The second-order valence-corrected chi connectivity index (χ2v) is 20.5. The predicted molar refractivity (Wildman–Crippen MR) is 229 cm³/mol. The highest BCUT2D eigenvalue weighted by atomic mass is 32.2. The van der Waals surface area contributed by atoms with Crippen LogP contribution < -0.4 is 14.8 Å². The van der Waals surface area contributed by atoms with Crippen LogP contribution in [0.4, 0.5) is 5.69 Å². The molecule has 2 heterocycles. The molecule has 17 nitrogen and oxygen atoms in total. The number of nitrogens with zero attached hydrogens (tertiary/aromatic N) is 2. The zero-order valence-corrected chi connectivity index (χ0v) is 38.1. The van der Waals surface area contributed by atoms with Crippen LogP contribution >= 0.6 is 0 Å². The van der Waals surface area contributed by atoms with Gasteiger partial charge in [-0.25, -0.2) is 29.8 Å². The average molecular weight is 925 g/mol. The number of ether oxygens (including phenoxy) is 3. The maximum absolute atomic E-state index is 12.2. The summed E-state index contributed by atoms with van der Waals surface area (Å²) in [4.78, 5) is 12.1. The number of carbonyl (C=O) groups is 1. The first-order chi connectivity index (χ1) is 28.9. The van der Waals surface area contributed by atoms with Crippen LogP contribution in [0.1, 0.15) is 77.2 Å². The van der Waals surface area contributed by atoms with Crippen LogP contribution in [0.25, 0.3) is 17.4 Å². The van der Waals surface area contributed by atoms with E-state index in [0.29, 0.717) is 41.6 Å². The zero-order chi connectivity index (χ0) is 45.9. The lowest BCUT2D eigenvalue weighted by atomic mass is 9.77. The van der Waals surface area contributed by atoms with E-state index in [9.17, 15) is 43.7 Å². The van der Waals surface area contributed by atoms with E-state index >= 15 is 0 Å². The normalized spacial score (nSPS) is 17.4. The number of benzene rings is 2. The van der Waals surface area contributed by atoms with Gasteiger partial charge in [0.1, 0.15) is 34.7 Å². The molecule has 1 unspecified atom stereocenters. The molecule has 0 fully saturated rings. The average Bonchev–Trinajstić information content (AvgIpc) is 3.39. The maximum atomic E-state index is 12.2. The highest BCUT2D eigenvalue weighted by molar-refractivity contribution is 7.86. The molecule has 1 aromatic rings. The van der Waals surface area contributed by atoms with Crippen LogP contribution in [0.3, 0.4) is 0 Å². The Kier molecular flexibility index (Phi) is 17.6. The minimum atomic E-state index is -4.88. The molecule has 0 spiro atoms. The van der Waals surface area contributed by atoms with Gasteiger partial charge in [-0.1, -0.05) is 26.8 Å². The summed E-state index contributed by atoms with van der Waals surface area (Å²) in [5.74, 6) is -1.05. The van der Waals surface area contributed by atoms with Crippen LogP contribution in [0.15, 0.2) is 69.6 Å². The van der Waals surface area contributed by atoms with E-state index in [-0.39, 0.29) is 77.3 Å². The van der Waals surface area contributed by atoms with Crippen molar-refractivity contribution in [1.82, 2.24) is 4.58 Å². The minimum Gasteiger partial charge on any atom is -0.748 e. The lowest BCUT2D eigenvalue weighted by Gasteiger charge is -2.30. The van der Waals surface area contributed by atoms with Gasteiger partial charge >= 0.3 is 5.97 Å². The highest BCUT2D eigenvalue weighted by Crippen LogP contribution is 2.51. The van der Waals surface area contributed by atoms with Crippen molar-refractivity contribution in [3.05, 3.63) is 82.6 Å². The molecule has 0 amide bonds. The van der Waals surface area contributed by atoms with Crippen LogP contribution in [0.2, 0.25) is 0 Å². The number of hydrogen-bond donors (Lipinski definition) is 1. The summed E-state index contributed by atoms with van der Waals surface area (Å²) in [5, 5.41) is 9.49. The van der Waals surface area contributed by atoms with Gasteiger partial charge in [0.25, 0.3) is 0 Å². The summed E-state index contributed by atoms with van der Waals surface area (Å²) in [6.07, 6.45) is 5.39. The highest BCUT2D eigenvalue weighted by Gasteiger charge is 2.43. The van der Waals surface area contributed by atoms with Crippen molar-refractivity contribution >= 4 is 48.1 Å². The molecular weight excluding hydrogens is 869 g/mol. The summed E-state index contributed by atoms with van der Waals surface area (Å²) in [6, 6.07) is 11.7. The quantitative estimate of drug-likeness (QED) is 0.0761. The Morgan fingerprint density at radius 3 is 2.10 bits per heavy atom. The maximum Gasteiger partial charge on any atom is 0.305 e. The molecule has 0 saturated carbocycles. The van der Waals surface area contributed by atoms with Gasteiger partial charge in [0, 0.05) is 52.9 Å². The molecule has 0 aromatic heterocycles. The molecule has 2 aliphatic heterocycles. The van der Waals surface area contributed by atoms with Crippen molar-refractivity contribution < 1.29 is 67.4 Å². The lowest BCUT2D eigenvalue weighted by Crippen LogP contribution is -2.31. The SMILES string of the molecule is CC[N+](CCCS(=O)(=O)[O-])=c1ccc2c(C(C)(C)C)cc(/C=C/C=C3/N(CCOCCOCCOCCC(=O)O)c4ccc(S(=O)(=O)[O-])cc4C3(C)CCCS(=O)(=O)[O-])oc-2c1. The first kappa shape index (κ1) is 50.7. The van der Waals surface area contributed by atoms with Crippen LogP contribution in [0, 0.1) is 0 Å². The van der Waals surface area contributed by atoms with Gasteiger partial charge in [0.05, 0.1) is 77.3 Å². The second kappa shape index (κ2) is 21.6. The van der Waals surface area contributed by atoms with Gasteiger partial charge in [-0.15, -0.1) is 0 Å². The van der Waals surface area contributed by atoms with E-state index in [1.54, 1.807) is 25.2 Å². The van der Waals surface area contributed by atoms with Gasteiger partial charge in [-0.3, -0.25) is 4.79 Å². The van der Waals surface area contributed by atoms with Gasteiger partial charge in [-0.2, -0.15) is 0 Å². The third-order valence-electron chi connectivity index (χ3n) is 10.4. The molecule has 1 N–H and O–H groups in total. The van der Waals surface area contributed by atoms with Crippen LogP contribution in [-0.2, 0) is 60.2 Å². The molecule has 344 valence electrons. The molecule has 0 saturated heterocycles. The molecule has 3 aliphatic rings. The van der Waals surface area contributed by atoms with E-state index in [4.69, 9.17) is 23.7 Å². The molecule has 0 radical (unpaired) electrons. The van der Waals surface area contributed by atoms with E-state index in [1.807, 2.05) is 40.7 Å². The van der Waals surface area contributed by atoms with Gasteiger partial charge < -0.3 is 42.3 Å². The number of anilines is 1. The topological polar surface area (TPSA) is 256 Å². The Labute approximate surface area is 364 Å². The Morgan fingerprint density at radius 2 is 1.50 bits per heavy atom. The summed E-state index contributed by atoms with van der Waals surface area (Å²) in [7, 11) is -13.8. The Bertz CT molecular complexity index is 2470. The molecular formula is C42H56N2O15S3-2. The van der Waals surface area contributed by atoms with Crippen molar-refractivity contribution in [2.75, 3.05) is 75.7 Å². The number of hydrogen-bond acceptors (Lipinski definition) is 15. The summed E-state index contributed by atoms with van der Waals surface area (Å²) >= 11 is 0. The van der Waals surface area contributed by atoms with E-state index in [2.05, 4.69) is 20.8 Å². The Morgan fingerprint density at radius 1 is 0.871 bits per heavy atom. The number of carboxylic acid groups (broad SMARTS) is 1. The number of rotatable bonds is 24. The fraction of sp³-hybridized carbons (Fsp3) is 0.524. The summed E-state index contributed by atoms with van der Waals surface area (Å²) in [5.41, 5.74) is 2.08. The van der Waals surface area contributed by atoms with Crippen molar-refractivity contribution in [2.45, 2.75) is 76.0 Å². The number of fused-ring (bicyclic) bond motifs is 2. The lowest BCUT2D eigenvalue weighted by molar-refractivity contribution is -0.138. The second-order valence-electron chi connectivity index (χ2n) is 16.1. The van der Waals surface area contributed by atoms with E-state index in [1.165, 1.54) is 18.2 Å². The standard InChI is InChI=1S/C42H58N2O15S3/c1-6-43(18-9-27-61(50,51)52)31-12-14-34-35(41(2,3)4)29-32(59-38(34)28-31)10-7-11-39-42(5,17-8-26-60(47,48)49)36-30-33(62(53,54)55)13-15-37(36)44(39)19-21-57-23-25-58-24-22-56-20-16-40(45)46/h7,10-15,28-30H,6,8-9,16-27H2,1-5H3,(H3-,45,46,47,48,49,50,51,52,53,54,55)/p-2. The molecule has 1 aromatic carbocycles. The number of carboxylic acids is 1. The van der Waals surface area contributed by atoms with Crippen molar-refractivity contribution in [2.24, 2.45) is 0 Å². The third kappa shape index (κ3) is 14.8. The monoisotopic (exact) mass is 924 g/mol. The molecule has 1 aliphatic carbocycles. The third-order valence-corrected chi connectivity index (χ3v) is 12.8. The smallest absolute Gasteiger partial charge is 0.305 e. The first-order valence-corrected chi connectivity index (χ1v) is 24.7. The van der Waals surface area contributed by atoms with Crippen LogP contribution in [-0.4, -0.2) is 121 Å². The van der Waals surface area contributed by atoms with Gasteiger partial charge in [-0.05, 0) is 85.7 Å². The molecule has 0 bridgehead atoms. The Hall–Kier alpha value is -3.99. The van der Waals surface area contributed by atoms with Gasteiger partial charge in [0.15, 0.2) is 0 Å². The zero-order valence-electron chi connectivity index (χ0n) is 35.7. The van der Waals surface area contributed by atoms with E-state index < -0.39 is 58.1 Å².